The molecule has 0 radical (unpaired) electrons. The van der Waals surface area contributed by atoms with Gasteiger partial charge in [0.05, 0.1) is 7.11 Å². The van der Waals surface area contributed by atoms with Crippen LogP contribution in [0.25, 0.3) is 0 Å². The quantitative estimate of drug-likeness (QED) is 0.602. The molecule has 0 amide bonds. The van der Waals surface area contributed by atoms with Crippen LogP contribution >= 0.6 is 0 Å². The zero-order valence-corrected chi connectivity index (χ0v) is 8.88. The molecule has 15 heavy (non-hydrogen) atoms. The number of benzene rings is 1. The molecule has 1 N–H and O–H groups in total. The zero-order chi connectivity index (χ0) is 11.3. The average molecular weight is 209 g/mol. The van der Waals surface area contributed by atoms with Crippen molar-refractivity contribution in [1.29, 1.82) is 0 Å². The van der Waals surface area contributed by atoms with Crippen LogP contribution in [-0.4, -0.2) is 29.4 Å². The van der Waals surface area contributed by atoms with Gasteiger partial charge in [0.25, 0.3) is 0 Å². The van der Waals surface area contributed by atoms with Gasteiger partial charge in [0.2, 0.25) is 0 Å². The summed E-state index contributed by atoms with van der Waals surface area (Å²) in [4.78, 5) is 11.1. The molecule has 0 saturated heterocycles. The molecule has 1 aromatic rings. The van der Waals surface area contributed by atoms with Crippen LogP contribution in [0.4, 0.5) is 0 Å². The minimum absolute atomic E-state index is 0.303. The van der Waals surface area contributed by atoms with Gasteiger partial charge in [0, 0.05) is 6.54 Å². The van der Waals surface area contributed by atoms with Crippen molar-refractivity contribution in [2.45, 2.75) is 19.5 Å². The van der Waals surface area contributed by atoms with E-state index >= 15 is 0 Å². The fourth-order valence-corrected chi connectivity index (χ4v) is 1.20. The normalized spacial score (nSPS) is 12.5. The van der Waals surface area contributed by atoms with Crippen molar-refractivity contribution < 1.29 is 14.7 Å². The van der Waals surface area contributed by atoms with Crippen LogP contribution in [0, 0.1) is 0 Å². The first kappa shape index (κ1) is 11.7. The van der Waals surface area contributed by atoms with Crippen molar-refractivity contribution >= 4 is 5.97 Å². The maximum atomic E-state index is 11.1. The molecule has 82 valence electrons. The third-order valence-electron chi connectivity index (χ3n) is 2.18. The molecular formula is C11H15NO3. The molecule has 1 atom stereocenters. The van der Waals surface area contributed by atoms with E-state index < -0.39 is 12.0 Å². The second kappa shape index (κ2) is 5.48. The number of methoxy groups -OCH3 is 1. The molecule has 0 aliphatic carbocycles. The Hall–Kier alpha value is -1.39. The Labute approximate surface area is 89.0 Å². The van der Waals surface area contributed by atoms with Crippen LogP contribution in [0.5, 0.6) is 0 Å². The molecule has 0 fully saturated rings. The number of carbonyl (C=O) groups excluding carboxylic acids is 1. The molecule has 4 nitrogen and oxygen atoms in total. The summed E-state index contributed by atoms with van der Waals surface area (Å²) in [7, 11) is 1.30. The molecule has 1 rings (SSSR count). The number of rotatable bonds is 4. The smallest absolute Gasteiger partial charge is 0.325 e. The predicted molar refractivity (Wildman–Crippen MR) is 55.2 cm³/mol. The molecule has 0 saturated carbocycles. The van der Waals surface area contributed by atoms with Crippen LogP contribution in [-0.2, 0) is 16.1 Å². The van der Waals surface area contributed by atoms with Crippen LogP contribution in [0.3, 0.4) is 0 Å². The van der Waals surface area contributed by atoms with E-state index in [1.165, 1.54) is 7.11 Å². The van der Waals surface area contributed by atoms with E-state index in [2.05, 4.69) is 4.74 Å². The fraction of sp³-hybridized carbons (Fsp3) is 0.364. The molecule has 0 aliphatic rings. The summed E-state index contributed by atoms with van der Waals surface area (Å²) in [5, 5.41) is 10.6. The van der Waals surface area contributed by atoms with Crippen LogP contribution in [0.1, 0.15) is 12.5 Å². The molecule has 4 heteroatoms. The number of ether oxygens (including phenoxy) is 1. The number of nitrogens with zero attached hydrogens (tertiary/aromatic N) is 1. The minimum atomic E-state index is -0.657. The summed E-state index contributed by atoms with van der Waals surface area (Å²) in [6, 6.07) is 8.77. The van der Waals surface area contributed by atoms with Crippen molar-refractivity contribution in [3.8, 4) is 0 Å². The maximum Gasteiger partial charge on any atom is 0.325 e. The van der Waals surface area contributed by atoms with Crippen molar-refractivity contribution in [2.75, 3.05) is 7.11 Å². The van der Waals surface area contributed by atoms with Crippen LogP contribution in [0.2, 0.25) is 0 Å². The van der Waals surface area contributed by atoms with Gasteiger partial charge in [-0.05, 0) is 12.5 Å². The molecule has 1 aromatic carbocycles. The number of esters is 1. The third-order valence-corrected chi connectivity index (χ3v) is 2.18. The monoisotopic (exact) mass is 209 g/mol. The Bertz CT molecular complexity index is 313. The Morgan fingerprint density at radius 1 is 1.47 bits per heavy atom. The van der Waals surface area contributed by atoms with Crippen molar-refractivity contribution in [1.82, 2.24) is 5.06 Å². The van der Waals surface area contributed by atoms with Gasteiger partial charge >= 0.3 is 5.97 Å². The first-order valence-corrected chi connectivity index (χ1v) is 4.72. The van der Waals surface area contributed by atoms with Crippen LogP contribution < -0.4 is 0 Å². The first-order chi connectivity index (χ1) is 7.15. The number of hydroxylamine groups is 2. The number of carbonyl (C=O) groups is 1. The molecule has 0 aromatic heterocycles. The van der Waals surface area contributed by atoms with E-state index in [0.717, 1.165) is 10.6 Å². The SMILES string of the molecule is COC(=O)[C@H](C)N(O)Cc1ccccc1. The summed E-state index contributed by atoms with van der Waals surface area (Å²) in [5.74, 6) is -0.451. The molecule has 0 bridgehead atoms. The molecular weight excluding hydrogens is 194 g/mol. The predicted octanol–water partition coefficient (Wildman–Crippen LogP) is 1.44. The number of hydrogen-bond donors (Lipinski definition) is 1. The van der Waals surface area contributed by atoms with Gasteiger partial charge in [0.1, 0.15) is 6.04 Å². The summed E-state index contributed by atoms with van der Waals surface area (Å²) in [6.07, 6.45) is 0. The van der Waals surface area contributed by atoms with E-state index in [1.54, 1.807) is 6.92 Å². The zero-order valence-electron chi connectivity index (χ0n) is 8.88. The highest BCUT2D eigenvalue weighted by molar-refractivity contribution is 5.74. The van der Waals surface area contributed by atoms with Crippen molar-refractivity contribution in [2.24, 2.45) is 0 Å². The van der Waals surface area contributed by atoms with Gasteiger partial charge < -0.3 is 9.94 Å². The second-order valence-electron chi connectivity index (χ2n) is 3.28. The summed E-state index contributed by atoms with van der Waals surface area (Å²) < 4.78 is 4.53. The van der Waals surface area contributed by atoms with Crippen molar-refractivity contribution in [3.05, 3.63) is 35.9 Å². The standard InChI is InChI=1S/C11H15NO3/c1-9(11(13)15-2)12(14)8-10-6-4-3-5-7-10/h3-7,9,14H,8H2,1-2H3/t9-/m0/s1. The van der Waals surface area contributed by atoms with Gasteiger partial charge in [-0.1, -0.05) is 30.3 Å². The summed E-state index contributed by atoms with van der Waals surface area (Å²) in [5.41, 5.74) is 0.941. The van der Waals surface area contributed by atoms with E-state index in [9.17, 15) is 10.0 Å². The van der Waals surface area contributed by atoms with E-state index in [4.69, 9.17) is 0 Å². The molecule has 0 aliphatic heterocycles. The lowest BCUT2D eigenvalue weighted by Crippen LogP contribution is -2.36. The second-order valence-corrected chi connectivity index (χ2v) is 3.28. The lowest BCUT2D eigenvalue weighted by Gasteiger charge is -2.20. The lowest BCUT2D eigenvalue weighted by molar-refractivity contribution is -0.173. The van der Waals surface area contributed by atoms with Crippen LogP contribution in [0.15, 0.2) is 30.3 Å². The first-order valence-electron chi connectivity index (χ1n) is 4.72. The summed E-state index contributed by atoms with van der Waals surface area (Å²) >= 11 is 0. The Kier molecular flexibility index (Phi) is 4.27. The van der Waals surface area contributed by atoms with E-state index in [0.29, 0.717) is 6.54 Å². The fourth-order valence-electron chi connectivity index (χ4n) is 1.20. The minimum Gasteiger partial charge on any atom is -0.468 e. The Morgan fingerprint density at radius 2 is 2.07 bits per heavy atom. The number of hydrogen-bond acceptors (Lipinski definition) is 4. The van der Waals surface area contributed by atoms with Gasteiger partial charge in [-0.3, -0.25) is 4.79 Å². The van der Waals surface area contributed by atoms with Gasteiger partial charge in [-0.15, -0.1) is 0 Å². The van der Waals surface area contributed by atoms with Gasteiger partial charge in [0.15, 0.2) is 0 Å². The lowest BCUT2D eigenvalue weighted by atomic mass is 10.2. The average Bonchev–Trinajstić information content (AvgIpc) is 2.28. The molecule has 0 unspecified atom stereocenters. The maximum absolute atomic E-state index is 11.1. The topological polar surface area (TPSA) is 49.8 Å². The highest BCUT2D eigenvalue weighted by atomic mass is 16.5. The molecule has 0 heterocycles. The largest absolute Gasteiger partial charge is 0.468 e. The van der Waals surface area contributed by atoms with Gasteiger partial charge in [-0.2, -0.15) is 5.06 Å². The Morgan fingerprint density at radius 3 is 2.60 bits per heavy atom. The summed E-state index contributed by atoms with van der Waals surface area (Å²) in [6.45, 7) is 1.89. The van der Waals surface area contributed by atoms with Crippen molar-refractivity contribution in [3.63, 3.8) is 0 Å². The Balaban J connectivity index is 2.56. The third kappa shape index (κ3) is 3.34. The molecule has 0 spiro atoms. The van der Waals surface area contributed by atoms with E-state index in [-0.39, 0.29) is 0 Å². The highest BCUT2D eigenvalue weighted by Gasteiger charge is 2.20. The highest BCUT2D eigenvalue weighted by Crippen LogP contribution is 2.06. The van der Waals surface area contributed by atoms with E-state index in [1.807, 2.05) is 30.3 Å². The van der Waals surface area contributed by atoms with Gasteiger partial charge in [-0.25, -0.2) is 0 Å².